The average Bonchev–Trinajstić information content (AvgIpc) is 3.14. The van der Waals surface area contributed by atoms with E-state index in [0.717, 1.165) is 0 Å². The molecule has 0 bridgehead atoms. The maximum atomic E-state index is 11.9. The molecule has 4 N–H and O–H groups in total. The topological polar surface area (TPSA) is 151 Å². The van der Waals surface area contributed by atoms with Gasteiger partial charge in [0.1, 0.15) is 25.1 Å². The Morgan fingerprint density at radius 1 is 1.29 bits per heavy atom. The molecule has 2 rings (SSSR count). The SMILES string of the molecule is O=C(CCCC=CC[C@@H]1[C@@H](C=C[C@@H](O)COc2cccc(Cl)c2)[C@H](O)C[C@@H]1O)NCCSCCO[N+](=O)[O-]. The summed E-state index contributed by atoms with van der Waals surface area (Å²) in [5, 5.41) is 43.6. The van der Waals surface area contributed by atoms with Crippen LogP contribution in [0.4, 0.5) is 0 Å². The summed E-state index contributed by atoms with van der Waals surface area (Å²) in [4.78, 5) is 26.1. The number of nitrogens with one attached hydrogen (secondary N) is 1. The Balaban J connectivity index is 1.63. The summed E-state index contributed by atoms with van der Waals surface area (Å²) in [6, 6.07) is 6.90. The number of hydrogen-bond acceptors (Lipinski definition) is 9. The summed E-state index contributed by atoms with van der Waals surface area (Å²) in [7, 11) is 0. The van der Waals surface area contributed by atoms with E-state index < -0.39 is 23.4 Å². The third-order valence-corrected chi connectivity index (χ3v) is 7.21. The van der Waals surface area contributed by atoms with Gasteiger partial charge in [0, 0.05) is 41.8 Å². The van der Waals surface area contributed by atoms with Gasteiger partial charge in [-0.3, -0.25) is 4.79 Å². The van der Waals surface area contributed by atoms with Crippen molar-refractivity contribution in [1.82, 2.24) is 5.32 Å². The molecule has 0 saturated heterocycles. The molecule has 1 amide bonds. The van der Waals surface area contributed by atoms with E-state index in [0.29, 0.717) is 54.5 Å². The molecule has 38 heavy (non-hydrogen) atoms. The first kappa shape index (κ1) is 31.9. The van der Waals surface area contributed by atoms with E-state index in [-0.39, 0.29) is 37.4 Å². The van der Waals surface area contributed by atoms with Crippen molar-refractivity contribution in [2.24, 2.45) is 11.8 Å². The molecule has 1 aromatic rings. The van der Waals surface area contributed by atoms with Crippen LogP contribution in [0.1, 0.15) is 32.1 Å². The van der Waals surface area contributed by atoms with E-state index in [2.05, 4.69) is 10.2 Å². The van der Waals surface area contributed by atoms with Crippen LogP contribution in [0.3, 0.4) is 0 Å². The number of unbranched alkanes of at least 4 members (excludes halogenated alkanes) is 1. The van der Waals surface area contributed by atoms with Crippen molar-refractivity contribution in [3.63, 3.8) is 0 Å². The van der Waals surface area contributed by atoms with Gasteiger partial charge in [-0.2, -0.15) is 11.8 Å². The predicted molar refractivity (Wildman–Crippen MR) is 147 cm³/mol. The summed E-state index contributed by atoms with van der Waals surface area (Å²) in [5.41, 5.74) is 0. The Morgan fingerprint density at radius 3 is 2.87 bits per heavy atom. The number of rotatable bonds is 18. The molecule has 12 heteroatoms. The number of benzene rings is 1. The fourth-order valence-corrected chi connectivity index (χ4v) is 4.96. The summed E-state index contributed by atoms with van der Waals surface area (Å²) in [5.74, 6) is 1.20. The highest BCUT2D eigenvalue weighted by atomic mass is 35.5. The first-order valence-corrected chi connectivity index (χ1v) is 14.2. The van der Waals surface area contributed by atoms with E-state index >= 15 is 0 Å². The molecule has 0 spiro atoms. The van der Waals surface area contributed by atoms with Gasteiger partial charge in [-0.25, -0.2) is 0 Å². The zero-order valence-electron chi connectivity index (χ0n) is 21.2. The molecule has 0 aliphatic heterocycles. The van der Waals surface area contributed by atoms with E-state index in [1.807, 2.05) is 12.2 Å². The normalized spacial score (nSPS) is 22.1. The maximum absolute atomic E-state index is 11.9. The van der Waals surface area contributed by atoms with E-state index in [1.54, 1.807) is 36.4 Å². The number of aliphatic hydroxyl groups excluding tert-OH is 3. The smallest absolute Gasteiger partial charge is 0.294 e. The lowest BCUT2D eigenvalue weighted by Crippen LogP contribution is -2.25. The zero-order valence-corrected chi connectivity index (χ0v) is 22.8. The van der Waals surface area contributed by atoms with Crippen molar-refractivity contribution in [3.05, 3.63) is 63.7 Å². The summed E-state index contributed by atoms with van der Waals surface area (Å²) >= 11 is 7.40. The minimum atomic E-state index is -0.873. The highest BCUT2D eigenvalue weighted by Crippen LogP contribution is 2.36. The quantitative estimate of drug-likeness (QED) is 0.0899. The Bertz CT molecular complexity index is 919. The Morgan fingerprint density at radius 2 is 2.11 bits per heavy atom. The van der Waals surface area contributed by atoms with Gasteiger partial charge in [-0.1, -0.05) is 42.0 Å². The molecule has 0 heterocycles. The number of ether oxygens (including phenoxy) is 1. The lowest BCUT2D eigenvalue weighted by atomic mass is 9.89. The molecule has 1 aliphatic rings. The molecule has 212 valence electrons. The van der Waals surface area contributed by atoms with Gasteiger partial charge < -0.3 is 30.2 Å². The van der Waals surface area contributed by atoms with Gasteiger partial charge in [0.25, 0.3) is 5.09 Å². The number of carbonyl (C=O) groups excluding carboxylic acids is 1. The van der Waals surface area contributed by atoms with Crippen molar-refractivity contribution in [2.75, 3.05) is 31.3 Å². The number of carbonyl (C=O) groups is 1. The second-order valence-corrected chi connectivity index (χ2v) is 10.6. The van der Waals surface area contributed by atoms with Gasteiger partial charge in [-0.15, -0.1) is 10.1 Å². The van der Waals surface area contributed by atoms with Gasteiger partial charge in [0.15, 0.2) is 0 Å². The summed E-state index contributed by atoms with van der Waals surface area (Å²) in [6.07, 6.45) is 7.73. The Hall–Kier alpha value is -2.31. The second kappa shape index (κ2) is 18.1. The van der Waals surface area contributed by atoms with Gasteiger partial charge >= 0.3 is 0 Å². The third kappa shape index (κ3) is 13.0. The van der Waals surface area contributed by atoms with Crippen LogP contribution in [-0.4, -0.2) is 75.9 Å². The number of thioether (sulfide) groups is 1. The zero-order chi connectivity index (χ0) is 27.8. The number of allylic oxidation sites excluding steroid dienone is 2. The highest BCUT2D eigenvalue weighted by molar-refractivity contribution is 7.99. The van der Waals surface area contributed by atoms with Crippen LogP contribution in [0.15, 0.2) is 48.6 Å². The van der Waals surface area contributed by atoms with Crippen LogP contribution in [0.25, 0.3) is 0 Å². The van der Waals surface area contributed by atoms with E-state index in [4.69, 9.17) is 16.3 Å². The van der Waals surface area contributed by atoms with E-state index in [9.17, 15) is 30.2 Å². The molecule has 10 nitrogen and oxygen atoms in total. The van der Waals surface area contributed by atoms with Crippen molar-refractivity contribution >= 4 is 29.3 Å². The molecule has 0 unspecified atom stereocenters. The monoisotopic (exact) mass is 572 g/mol. The first-order chi connectivity index (χ1) is 18.3. The van der Waals surface area contributed by atoms with Crippen LogP contribution in [0, 0.1) is 22.0 Å². The van der Waals surface area contributed by atoms with Crippen molar-refractivity contribution < 1.29 is 34.8 Å². The third-order valence-electron chi connectivity index (χ3n) is 6.03. The summed E-state index contributed by atoms with van der Waals surface area (Å²) in [6.45, 7) is 0.571. The van der Waals surface area contributed by atoms with Crippen LogP contribution < -0.4 is 10.1 Å². The fourth-order valence-electron chi connectivity index (χ4n) is 4.13. The maximum Gasteiger partial charge on any atom is 0.294 e. The molecule has 0 aromatic heterocycles. The molecule has 1 aliphatic carbocycles. The number of halogens is 1. The average molecular weight is 573 g/mol. The lowest BCUT2D eigenvalue weighted by Gasteiger charge is -2.19. The lowest BCUT2D eigenvalue weighted by molar-refractivity contribution is -0.756. The molecule has 1 saturated carbocycles. The number of amides is 1. The van der Waals surface area contributed by atoms with Crippen LogP contribution in [-0.2, 0) is 9.63 Å². The van der Waals surface area contributed by atoms with Crippen LogP contribution in [0.5, 0.6) is 5.75 Å². The molecular formula is C26H37ClN2O8S. The second-order valence-electron chi connectivity index (χ2n) is 8.95. The van der Waals surface area contributed by atoms with Crippen LogP contribution >= 0.6 is 23.4 Å². The van der Waals surface area contributed by atoms with E-state index in [1.165, 1.54) is 11.8 Å². The first-order valence-electron chi connectivity index (χ1n) is 12.6. The van der Waals surface area contributed by atoms with Crippen LogP contribution in [0.2, 0.25) is 5.02 Å². The summed E-state index contributed by atoms with van der Waals surface area (Å²) < 4.78 is 5.54. The predicted octanol–water partition coefficient (Wildman–Crippen LogP) is 3.17. The van der Waals surface area contributed by atoms with Gasteiger partial charge in [0.2, 0.25) is 5.91 Å². The highest BCUT2D eigenvalue weighted by Gasteiger charge is 2.39. The standard InChI is InChI=1S/C26H37ClN2O8S/c27-19-6-5-7-21(16-19)36-18-20(30)10-11-23-22(24(31)17-25(23)32)8-3-1-2-4-9-26(33)28-12-14-38-15-13-37-29(34)35/h1,3,5-7,10-11,16,20,22-25,30-32H,2,4,8-9,12-15,17-18H2,(H,28,33)/t20-,22-,23-,24+,25-/m1/s1. The number of aliphatic hydroxyl groups is 3. The minimum Gasteiger partial charge on any atom is -0.491 e. The molecule has 1 aromatic carbocycles. The Kier molecular flexibility index (Phi) is 15.2. The largest absolute Gasteiger partial charge is 0.491 e. The molecular weight excluding hydrogens is 536 g/mol. The molecule has 1 fully saturated rings. The Labute approximate surface area is 232 Å². The van der Waals surface area contributed by atoms with Gasteiger partial charge in [-0.05, 0) is 43.4 Å². The van der Waals surface area contributed by atoms with Crippen molar-refractivity contribution in [3.8, 4) is 5.75 Å². The fraction of sp³-hybridized carbons (Fsp3) is 0.577. The molecule has 5 atom stereocenters. The minimum absolute atomic E-state index is 0.0353. The number of nitrogens with zero attached hydrogens (tertiary/aromatic N) is 1. The van der Waals surface area contributed by atoms with Gasteiger partial charge in [0.05, 0.1) is 12.2 Å². The van der Waals surface area contributed by atoms with Crippen molar-refractivity contribution in [1.29, 1.82) is 0 Å². The number of hydrogen-bond donors (Lipinski definition) is 4. The van der Waals surface area contributed by atoms with Crippen molar-refractivity contribution in [2.45, 2.75) is 50.4 Å². The molecule has 0 radical (unpaired) electrons.